The summed E-state index contributed by atoms with van der Waals surface area (Å²) in [6.45, 7) is 0.134. The third-order valence-corrected chi connectivity index (χ3v) is 5.77. The minimum Gasteiger partial charge on any atom is -0.269 e. The van der Waals surface area contributed by atoms with E-state index in [1.807, 2.05) is 0 Å². The predicted octanol–water partition coefficient (Wildman–Crippen LogP) is 3.06. The first-order valence-corrected chi connectivity index (χ1v) is 9.95. The molecular formula is C16H17F3N4O4S. The van der Waals surface area contributed by atoms with Crippen LogP contribution < -0.4 is 4.72 Å². The first-order valence-electron chi connectivity index (χ1n) is 8.47. The molecule has 0 saturated heterocycles. The van der Waals surface area contributed by atoms with E-state index >= 15 is 0 Å². The number of nitro benzene ring substituents is 1. The topological polar surface area (TPSA) is 107 Å². The molecule has 0 radical (unpaired) electrons. The lowest BCUT2D eigenvalue weighted by Crippen LogP contribution is -2.25. The molecular weight excluding hydrogens is 401 g/mol. The third kappa shape index (κ3) is 4.68. The summed E-state index contributed by atoms with van der Waals surface area (Å²) < 4.78 is 66.6. The van der Waals surface area contributed by atoms with Crippen molar-refractivity contribution in [3.8, 4) is 0 Å². The maximum Gasteiger partial charge on any atom is 0.435 e. The van der Waals surface area contributed by atoms with E-state index in [2.05, 4.69) is 9.82 Å². The van der Waals surface area contributed by atoms with Gasteiger partial charge in [-0.3, -0.25) is 14.8 Å². The van der Waals surface area contributed by atoms with E-state index in [9.17, 15) is 31.7 Å². The Labute approximate surface area is 158 Å². The summed E-state index contributed by atoms with van der Waals surface area (Å²) in [7, 11) is -3.87. The van der Waals surface area contributed by atoms with Crippen LogP contribution in [0, 0.1) is 10.1 Å². The van der Waals surface area contributed by atoms with E-state index in [0.29, 0.717) is 5.69 Å². The van der Waals surface area contributed by atoms with Gasteiger partial charge in [0, 0.05) is 36.8 Å². The number of benzene rings is 1. The Hall–Kier alpha value is -2.47. The zero-order valence-electron chi connectivity index (χ0n) is 14.5. The van der Waals surface area contributed by atoms with Crippen LogP contribution in [-0.2, 0) is 22.7 Å². The number of nitro groups is 1. The van der Waals surface area contributed by atoms with E-state index in [1.54, 1.807) is 0 Å². The number of hydrogen-bond acceptors (Lipinski definition) is 5. The van der Waals surface area contributed by atoms with Gasteiger partial charge >= 0.3 is 6.18 Å². The van der Waals surface area contributed by atoms with E-state index in [1.165, 1.54) is 4.68 Å². The summed E-state index contributed by atoms with van der Waals surface area (Å²) in [6, 6.07) is 5.46. The highest BCUT2D eigenvalue weighted by molar-refractivity contribution is 7.89. The fourth-order valence-electron chi connectivity index (χ4n) is 2.72. The van der Waals surface area contributed by atoms with Gasteiger partial charge in [-0.15, -0.1) is 0 Å². The Morgan fingerprint density at radius 2 is 1.89 bits per heavy atom. The van der Waals surface area contributed by atoms with Crippen molar-refractivity contribution in [3.05, 3.63) is 51.8 Å². The van der Waals surface area contributed by atoms with Crippen LogP contribution in [-0.4, -0.2) is 29.7 Å². The normalized spacial score (nSPS) is 15.0. The number of nitrogens with one attached hydrogen (secondary N) is 1. The number of sulfonamides is 1. The van der Waals surface area contributed by atoms with Gasteiger partial charge < -0.3 is 0 Å². The molecule has 12 heteroatoms. The molecule has 1 aromatic carbocycles. The average molecular weight is 418 g/mol. The van der Waals surface area contributed by atoms with Crippen LogP contribution >= 0.6 is 0 Å². The summed E-state index contributed by atoms with van der Waals surface area (Å²) in [5, 5.41) is 14.2. The molecule has 2 aromatic rings. The van der Waals surface area contributed by atoms with E-state index in [-0.39, 0.29) is 36.0 Å². The van der Waals surface area contributed by atoms with Crippen LogP contribution in [0.1, 0.15) is 36.6 Å². The number of nitrogens with zero attached hydrogens (tertiary/aromatic N) is 3. The molecule has 1 aromatic heterocycles. The summed E-state index contributed by atoms with van der Waals surface area (Å²) in [5.41, 5.74) is -0.655. The fourth-order valence-corrected chi connectivity index (χ4v) is 3.80. The third-order valence-electron chi connectivity index (χ3n) is 4.29. The van der Waals surface area contributed by atoms with Gasteiger partial charge in [-0.1, -0.05) is 0 Å². The first kappa shape index (κ1) is 20.3. The molecule has 0 bridgehead atoms. The van der Waals surface area contributed by atoms with E-state index in [0.717, 1.165) is 43.2 Å². The second kappa shape index (κ2) is 7.51. The van der Waals surface area contributed by atoms with Crippen molar-refractivity contribution in [1.82, 2.24) is 14.5 Å². The van der Waals surface area contributed by atoms with Crippen molar-refractivity contribution in [2.24, 2.45) is 0 Å². The SMILES string of the molecule is O=[N+]([O-])c1ccc(S(=O)(=O)NCCCn2nc(C(F)(F)F)cc2C2CC2)cc1. The van der Waals surface area contributed by atoms with Crippen LogP contribution in [0.3, 0.4) is 0 Å². The van der Waals surface area contributed by atoms with Crippen molar-refractivity contribution in [1.29, 1.82) is 0 Å². The second-order valence-corrected chi connectivity index (χ2v) is 8.22. The summed E-state index contributed by atoms with van der Waals surface area (Å²) in [4.78, 5) is 9.85. The van der Waals surface area contributed by atoms with Gasteiger partial charge in [0.25, 0.3) is 5.69 Å². The standard InChI is InChI=1S/C16H17F3N4O4S/c17-16(18,19)15-10-14(11-2-3-11)22(21-15)9-1-8-20-28(26,27)13-6-4-12(5-7-13)23(24)25/h4-7,10-11,20H,1-3,8-9H2. The molecule has 0 unspecified atom stereocenters. The molecule has 0 amide bonds. The number of alkyl halides is 3. The number of halogens is 3. The number of non-ortho nitro benzene ring substituents is 1. The Bertz CT molecular complexity index is 967. The van der Waals surface area contributed by atoms with Crippen molar-refractivity contribution in [3.63, 3.8) is 0 Å². The van der Waals surface area contributed by atoms with Crippen LogP contribution in [0.15, 0.2) is 35.2 Å². The molecule has 0 aliphatic heterocycles. The van der Waals surface area contributed by atoms with Crippen LogP contribution in [0.25, 0.3) is 0 Å². The molecule has 3 rings (SSSR count). The van der Waals surface area contributed by atoms with E-state index in [4.69, 9.17) is 0 Å². The van der Waals surface area contributed by atoms with Crippen molar-refractivity contribution in [2.75, 3.05) is 6.54 Å². The maximum absolute atomic E-state index is 12.9. The maximum atomic E-state index is 12.9. The highest BCUT2D eigenvalue weighted by Crippen LogP contribution is 2.42. The van der Waals surface area contributed by atoms with Gasteiger partial charge in [-0.2, -0.15) is 18.3 Å². The first-order chi connectivity index (χ1) is 13.1. The van der Waals surface area contributed by atoms with Crippen LogP contribution in [0.2, 0.25) is 0 Å². The zero-order chi connectivity index (χ0) is 20.5. The van der Waals surface area contributed by atoms with Crippen molar-refractivity contribution >= 4 is 15.7 Å². The van der Waals surface area contributed by atoms with Gasteiger partial charge in [0.15, 0.2) is 5.69 Å². The minimum atomic E-state index is -4.52. The zero-order valence-corrected chi connectivity index (χ0v) is 15.3. The molecule has 0 spiro atoms. The summed E-state index contributed by atoms with van der Waals surface area (Å²) in [6.07, 6.45) is -2.65. The molecule has 1 aliphatic rings. The Balaban J connectivity index is 1.59. The highest BCUT2D eigenvalue weighted by atomic mass is 32.2. The molecule has 1 aliphatic carbocycles. The molecule has 1 saturated carbocycles. The van der Waals surface area contributed by atoms with Crippen LogP contribution in [0.5, 0.6) is 0 Å². The van der Waals surface area contributed by atoms with E-state index < -0.39 is 26.8 Å². The van der Waals surface area contributed by atoms with Crippen molar-refractivity contribution < 1.29 is 26.5 Å². The lowest BCUT2D eigenvalue weighted by molar-refractivity contribution is -0.384. The number of aromatic nitrogens is 2. The number of hydrogen-bond donors (Lipinski definition) is 1. The number of aryl methyl sites for hydroxylation is 1. The molecule has 1 N–H and O–H groups in total. The minimum absolute atomic E-state index is 0.00929. The molecule has 1 fully saturated rings. The molecule has 152 valence electrons. The molecule has 1 heterocycles. The Kier molecular flexibility index (Phi) is 5.44. The lowest BCUT2D eigenvalue weighted by Gasteiger charge is -2.09. The summed E-state index contributed by atoms with van der Waals surface area (Å²) in [5.74, 6) is 0.0698. The second-order valence-electron chi connectivity index (χ2n) is 6.45. The Morgan fingerprint density at radius 3 is 2.43 bits per heavy atom. The fraction of sp³-hybridized carbons (Fsp3) is 0.438. The van der Waals surface area contributed by atoms with Gasteiger partial charge in [0.2, 0.25) is 10.0 Å². The number of rotatable bonds is 8. The van der Waals surface area contributed by atoms with Crippen LogP contribution in [0.4, 0.5) is 18.9 Å². The average Bonchev–Trinajstić information content (AvgIpc) is 3.37. The monoisotopic (exact) mass is 418 g/mol. The van der Waals surface area contributed by atoms with Gasteiger partial charge in [-0.25, -0.2) is 13.1 Å². The highest BCUT2D eigenvalue weighted by Gasteiger charge is 2.37. The predicted molar refractivity (Wildman–Crippen MR) is 92.1 cm³/mol. The van der Waals surface area contributed by atoms with Gasteiger partial charge in [0.1, 0.15) is 0 Å². The molecule has 28 heavy (non-hydrogen) atoms. The summed E-state index contributed by atoms with van der Waals surface area (Å²) >= 11 is 0. The quantitative estimate of drug-likeness (QED) is 0.403. The smallest absolute Gasteiger partial charge is 0.269 e. The lowest BCUT2D eigenvalue weighted by atomic mass is 10.2. The molecule has 8 nitrogen and oxygen atoms in total. The Morgan fingerprint density at radius 1 is 1.25 bits per heavy atom. The van der Waals surface area contributed by atoms with Gasteiger partial charge in [0.05, 0.1) is 9.82 Å². The van der Waals surface area contributed by atoms with Crippen molar-refractivity contribution in [2.45, 2.75) is 42.8 Å². The molecule has 0 atom stereocenters. The van der Waals surface area contributed by atoms with Gasteiger partial charge in [-0.05, 0) is 37.5 Å². The largest absolute Gasteiger partial charge is 0.435 e.